The molecule has 0 bridgehead atoms. The molecule has 2 aliphatic heterocycles. The minimum absolute atomic E-state index is 0.0552. The molecule has 3 aromatic carbocycles. The van der Waals surface area contributed by atoms with E-state index in [-0.39, 0.29) is 31.5 Å². The average molecular weight is 668 g/mol. The van der Waals surface area contributed by atoms with Crippen molar-refractivity contribution in [3.63, 3.8) is 0 Å². The van der Waals surface area contributed by atoms with Crippen LogP contribution < -0.4 is 19.1 Å². The zero-order valence-corrected chi connectivity index (χ0v) is 25.1. The monoisotopic (exact) mass is 667 g/mol. The van der Waals surface area contributed by atoms with Crippen LogP contribution in [0.2, 0.25) is 0 Å². The van der Waals surface area contributed by atoms with Gasteiger partial charge in [-0.25, -0.2) is 31.6 Å². The summed E-state index contributed by atoms with van der Waals surface area (Å²) in [5, 5.41) is 2.04. The SMILES string of the molecule is CN1CCC[C@H]1COc1nc2c(nc1NS(=O)(=O)c1c(F)c(F)c(F)c(F)c1OC(F)F)CCN(c1cccc3ccccc13)C2. The molecule has 0 saturated carbocycles. The van der Waals surface area contributed by atoms with Gasteiger partial charge in [-0.3, -0.25) is 4.72 Å². The summed E-state index contributed by atoms with van der Waals surface area (Å²) in [5.74, 6) is -12.9. The maximum Gasteiger partial charge on any atom is 0.387 e. The Morgan fingerprint density at radius 2 is 1.70 bits per heavy atom. The van der Waals surface area contributed by atoms with Gasteiger partial charge in [0.25, 0.3) is 15.9 Å². The van der Waals surface area contributed by atoms with Gasteiger partial charge in [-0.15, -0.1) is 0 Å². The molecule has 0 amide bonds. The first kappa shape index (κ1) is 31.7. The van der Waals surface area contributed by atoms with Gasteiger partial charge >= 0.3 is 6.61 Å². The standard InChI is InChI=1S/C30H27F6N5O4S/c1-40-12-5-8-17(40)15-44-29-28(39-46(42,43)27-25(34)23(32)22(31)24(33)26(27)45-30(35)36)37-19-11-13-41(14-20(19)38-29)21-10-4-7-16-6-2-3-9-18(16)21/h2-4,6-7,9-10,17,30H,5,8,11-15H2,1H3,(H,37,39)/t17-/m0/s1. The average Bonchev–Trinajstić information content (AvgIpc) is 3.44. The number of benzene rings is 3. The lowest BCUT2D eigenvalue weighted by Gasteiger charge is -2.31. The Morgan fingerprint density at radius 1 is 0.957 bits per heavy atom. The van der Waals surface area contributed by atoms with Gasteiger partial charge in [0.05, 0.1) is 17.9 Å². The molecule has 1 atom stereocenters. The lowest BCUT2D eigenvalue weighted by atomic mass is 10.0. The Kier molecular flexibility index (Phi) is 8.58. The number of anilines is 2. The number of sulfonamides is 1. The number of ether oxygens (including phenoxy) is 2. The molecule has 0 aliphatic carbocycles. The molecule has 6 rings (SSSR count). The molecule has 0 radical (unpaired) electrons. The van der Waals surface area contributed by atoms with E-state index in [1.54, 1.807) is 0 Å². The van der Waals surface area contributed by atoms with Gasteiger partial charge in [0.2, 0.25) is 17.5 Å². The van der Waals surface area contributed by atoms with Crippen LogP contribution in [0.15, 0.2) is 47.4 Å². The number of nitrogens with zero attached hydrogens (tertiary/aromatic N) is 4. The number of rotatable bonds is 9. The minimum atomic E-state index is -5.49. The zero-order chi connectivity index (χ0) is 32.7. The molecule has 2 aliphatic rings. The first-order valence-electron chi connectivity index (χ1n) is 14.2. The predicted octanol–water partition coefficient (Wildman–Crippen LogP) is 5.62. The number of halogens is 6. The van der Waals surface area contributed by atoms with Crippen LogP contribution in [0.4, 0.5) is 37.8 Å². The molecule has 4 aromatic rings. The molecule has 0 unspecified atom stereocenters. The van der Waals surface area contributed by atoms with Crippen LogP contribution in [-0.4, -0.2) is 62.7 Å². The fraction of sp³-hybridized carbons (Fsp3) is 0.333. The lowest BCUT2D eigenvalue weighted by Crippen LogP contribution is -2.33. The van der Waals surface area contributed by atoms with Crippen LogP contribution in [0.3, 0.4) is 0 Å². The highest BCUT2D eigenvalue weighted by Crippen LogP contribution is 2.38. The fourth-order valence-electron chi connectivity index (χ4n) is 5.74. The van der Waals surface area contributed by atoms with Crippen LogP contribution in [0.1, 0.15) is 24.2 Å². The van der Waals surface area contributed by atoms with Crippen LogP contribution in [0.25, 0.3) is 10.8 Å². The van der Waals surface area contributed by atoms with Gasteiger partial charge in [-0.2, -0.15) is 13.2 Å². The summed E-state index contributed by atoms with van der Waals surface area (Å²) in [4.78, 5) is 11.0. The van der Waals surface area contributed by atoms with E-state index in [1.165, 1.54) is 0 Å². The summed E-state index contributed by atoms with van der Waals surface area (Å²) in [6, 6.07) is 13.6. The topological polar surface area (TPSA) is 96.9 Å². The van der Waals surface area contributed by atoms with Crippen molar-refractivity contribution >= 4 is 32.3 Å². The summed E-state index contributed by atoms with van der Waals surface area (Å²) in [6.07, 6.45) is 1.95. The first-order chi connectivity index (χ1) is 21.9. The number of likely N-dealkylation sites (tertiary alicyclic amines) is 1. The molecule has 1 aromatic heterocycles. The second-order valence-corrected chi connectivity index (χ2v) is 12.5. The van der Waals surface area contributed by atoms with Crippen molar-refractivity contribution in [1.82, 2.24) is 14.9 Å². The van der Waals surface area contributed by atoms with E-state index in [0.29, 0.717) is 17.9 Å². The van der Waals surface area contributed by atoms with Gasteiger partial charge in [-0.05, 0) is 37.9 Å². The molecule has 244 valence electrons. The van der Waals surface area contributed by atoms with Crippen molar-refractivity contribution < 1.29 is 44.2 Å². The van der Waals surface area contributed by atoms with Crippen molar-refractivity contribution in [1.29, 1.82) is 0 Å². The van der Waals surface area contributed by atoms with Crippen LogP contribution in [0.5, 0.6) is 11.6 Å². The Balaban J connectivity index is 1.39. The van der Waals surface area contributed by atoms with E-state index in [2.05, 4.69) is 19.6 Å². The quantitative estimate of drug-likeness (QED) is 0.140. The molecular weight excluding hydrogens is 640 g/mol. The van der Waals surface area contributed by atoms with Gasteiger partial charge in [0, 0.05) is 30.1 Å². The molecule has 3 heterocycles. The minimum Gasteiger partial charge on any atom is -0.473 e. The molecule has 1 saturated heterocycles. The fourth-order valence-corrected chi connectivity index (χ4v) is 6.94. The molecular formula is C30H27F6N5O4S. The second kappa shape index (κ2) is 12.5. The maximum atomic E-state index is 14.8. The summed E-state index contributed by atoms with van der Waals surface area (Å²) < 4.78 is 122. The van der Waals surface area contributed by atoms with Crippen molar-refractivity contribution in [2.75, 3.05) is 36.4 Å². The van der Waals surface area contributed by atoms with E-state index < -0.39 is 56.4 Å². The summed E-state index contributed by atoms with van der Waals surface area (Å²) in [7, 11) is -3.61. The summed E-state index contributed by atoms with van der Waals surface area (Å²) in [5.41, 5.74) is 1.73. The van der Waals surface area contributed by atoms with Crippen LogP contribution in [-0.2, 0) is 23.0 Å². The van der Waals surface area contributed by atoms with Crippen LogP contribution in [0, 0.1) is 23.3 Å². The Morgan fingerprint density at radius 3 is 2.43 bits per heavy atom. The molecule has 1 fully saturated rings. The van der Waals surface area contributed by atoms with Gasteiger partial charge < -0.3 is 19.3 Å². The zero-order valence-electron chi connectivity index (χ0n) is 24.2. The lowest BCUT2D eigenvalue weighted by molar-refractivity contribution is -0.0551. The number of alkyl halides is 2. The van der Waals surface area contributed by atoms with Crippen molar-refractivity contribution in [3.05, 3.63) is 77.1 Å². The van der Waals surface area contributed by atoms with Crippen molar-refractivity contribution in [2.45, 2.75) is 43.4 Å². The number of fused-ring (bicyclic) bond motifs is 2. The maximum absolute atomic E-state index is 14.8. The summed E-state index contributed by atoms with van der Waals surface area (Å²) in [6.45, 7) is -2.33. The van der Waals surface area contributed by atoms with E-state index in [1.807, 2.05) is 59.1 Å². The smallest absolute Gasteiger partial charge is 0.387 e. The highest BCUT2D eigenvalue weighted by molar-refractivity contribution is 7.92. The summed E-state index contributed by atoms with van der Waals surface area (Å²) >= 11 is 0. The van der Waals surface area contributed by atoms with Gasteiger partial charge in [0.1, 0.15) is 6.61 Å². The number of hydrogen-bond donors (Lipinski definition) is 1. The predicted molar refractivity (Wildman–Crippen MR) is 156 cm³/mol. The highest BCUT2D eigenvalue weighted by atomic mass is 32.2. The third-order valence-electron chi connectivity index (χ3n) is 8.06. The van der Waals surface area contributed by atoms with Gasteiger partial charge in [-0.1, -0.05) is 36.4 Å². The third-order valence-corrected chi connectivity index (χ3v) is 9.42. The third kappa shape index (κ3) is 5.98. The molecule has 1 N–H and O–H groups in total. The molecule has 0 spiro atoms. The normalized spacial score (nSPS) is 17.0. The Bertz CT molecular complexity index is 1910. The number of likely N-dealkylation sites (N-methyl/N-ethyl adjacent to an activating group) is 1. The number of aromatic nitrogens is 2. The molecule has 46 heavy (non-hydrogen) atoms. The van der Waals surface area contributed by atoms with E-state index in [9.17, 15) is 34.8 Å². The van der Waals surface area contributed by atoms with Gasteiger partial charge in [0.15, 0.2) is 22.3 Å². The van der Waals surface area contributed by atoms with E-state index >= 15 is 0 Å². The highest BCUT2D eigenvalue weighted by Gasteiger charge is 2.37. The van der Waals surface area contributed by atoms with Crippen molar-refractivity contribution in [2.24, 2.45) is 0 Å². The Hall–Kier alpha value is -4.31. The Labute approximate surface area is 259 Å². The van der Waals surface area contributed by atoms with E-state index in [4.69, 9.17) is 4.74 Å². The molecule has 16 heteroatoms. The van der Waals surface area contributed by atoms with Crippen molar-refractivity contribution in [3.8, 4) is 11.6 Å². The number of hydrogen-bond acceptors (Lipinski definition) is 8. The second-order valence-electron chi connectivity index (χ2n) is 10.9. The first-order valence-corrected chi connectivity index (χ1v) is 15.7. The number of nitrogens with one attached hydrogen (secondary N) is 1. The van der Waals surface area contributed by atoms with E-state index in [0.717, 1.165) is 35.8 Å². The molecule has 9 nitrogen and oxygen atoms in total. The largest absolute Gasteiger partial charge is 0.473 e. The van der Waals surface area contributed by atoms with Crippen LogP contribution >= 0.6 is 0 Å².